The molecule has 0 rings (SSSR count). The molecule has 0 atom stereocenters. The van der Waals surface area contributed by atoms with Crippen LogP contribution in [0.15, 0.2) is 12.2 Å². The minimum Gasteiger partial charge on any atom is -0.466 e. The second-order valence-electron chi connectivity index (χ2n) is 20.8. The van der Waals surface area contributed by atoms with Crippen LogP contribution in [0.1, 0.15) is 355 Å². The summed E-state index contributed by atoms with van der Waals surface area (Å²) in [6.45, 7) is 7.62. The number of hydrogen-bond acceptors (Lipinski definition) is 2. The molecule has 0 aliphatic carbocycles. The van der Waals surface area contributed by atoms with Gasteiger partial charge in [-0.15, -0.1) is 0 Å². The number of unbranched alkanes of at least 4 members (excludes halogenated alkanes) is 47. The molecule has 0 aliphatic rings. The van der Waals surface area contributed by atoms with Crippen molar-refractivity contribution in [2.45, 2.75) is 355 Å². The highest BCUT2D eigenvalue weighted by molar-refractivity contribution is 5.69. The van der Waals surface area contributed by atoms with Crippen molar-refractivity contribution >= 4 is 5.97 Å². The third kappa shape index (κ3) is 57.2. The smallest absolute Gasteiger partial charge is 0.305 e. The van der Waals surface area contributed by atoms with Crippen LogP contribution in [0.3, 0.4) is 0 Å². The van der Waals surface area contributed by atoms with E-state index < -0.39 is 0 Å². The van der Waals surface area contributed by atoms with Crippen LogP contribution < -0.4 is 0 Å². The molecule has 62 heavy (non-hydrogen) atoms. The molecule has 0 aromatic rings. The second-order valence-corrected chi connectivity index (χ2v) is 20.8. The fourth-order valence-electron chi connectivity index (χ4n) is 9.44. The zero-order valence-corrected chi connectivity index (χ0v) is 43.5. The first-order chi connectivity index (χ1) is 30.7. The number of ether oxygens (including phenoxy) is 1. The number of allylic oxidation sites excluding steroid dienone is 2. The van der Waals surface area contributed by atoms with E-state index in [2.05, 4.69) is 32.9 Å². The van der Waals surface area contributed by atoms with E-state index in [0.717, 1.165) is 18.8 Å². The van der Waals surface area contributed by atoms with Gasteiger partial charge < -0.3 is 4.74 Å². The third-order valence-corrected chi connectivity index (χ3v) is 13.8. The average molecular weight is 872 g/mol. The van der Waals surface area contributed by atoms with Crippen molar-refractivity contribution in [3.05, 3.63) is 12.2 Å². The summed E-state index contributed by atoms with van der Waals surface area (Å²) in [5.74, 6) is 0.917. The maximum atomic E-state index is 12.1. The molecule has 0 spiro atoms. The van der Waals surface area contributed by atoms with E-state index >= 15 is 0 Å². The molecular formula is C60H118O2. The highest BCUT2D eigenvalue weighted by Crippen LogP contribution is 2.18. The van der Waals surface area contributed by atoms with Crippen molar-refractivity contribution in [3.63, 3.8) is 0 Å². The Morgan fingerprint density at radius 3 is 0.855 bits per heavy atom. The van der Waals surface area contributed by atoms with E-state index in [-0.39, 0.29) is 5.97 Å². The van der Waals surface area contributed by atoms with Crippen LogP contribution in [0.5, 0.6) is 0 Å². The van der Waals surface area contributed by atoms with E-state index in [0.29, 0.717) is 13.0 Å². The van der Waals surface area contributed by atoms with Crippen LogP contribution >= 0.6 is 0 Å². The Balaban J connectivity index is 3.15. The van der Waals surface area contributed by atoms with Gasteiger partial charge in [-0.25, -0.2) is 0 Å². The summed E-state index contributed by atoms with van der Waals surface area (Å²) in [5, 5.41) is 0. The van der Waals surface area contributed by atoms with Crippen molar-refractivity contribution in [2.24, 2.45) is 5.92 Å². The number of esters is 1. The lowest BCUT2D eigenvalue weighted by Crippen LogP contribution is -2.05. The van der Waals surface area contributed by atoms with Gasteiger partial charge in [-0.3, -0.25) is 4.79 Å². The zero-order chi connectivity index (χ0) is 44.8. The molecular weight excluding hydrogens is 753 g/mol. The van der Waals surface area contributed by atoms with Crippen molar-refractivity contribution in [2.75, 3.05) is 6.61 Å². The van der Waals surface area contributed by atoms with E-state index in [4.69, 9.17) is 4.74 Å². The number of carbonyl (C=O) groups excluding carboxylic acids is 1. The Morgan fingerprint density at radius 1 is 0.323 bits per heavy atom. The molecule has 0 bridgehead atoms. The SMILES string of the molecule is CCCCCCCCC=CCCCCCCCCCC(=O)OCCCCCCCCCCCCCCCCCCCCCCCCCCCCCCCCCCCCCC(C)C. The minimum atomic E-state index is 0.0269. The Kier molecular flexibility index (Phi) is 55.6. The quantitative estimate of drug-likeness (QED) is 0.0346. The first-order valence-electron chi connectivity index (χ1n) is 29.5. The van der Waals surface area contributed by atoms with Crippen LogP contribution in [0, 0.1) is 5.92 Å². The Hall–Kier alpha value is -0.790. The molecule has 0 saturated carbocycles. The summed E-state index contributed by atoms with van der Waals surface area (Å²) in [6, 6.07) is 0. The molecule has 0 aromatic heterocycles. The van der Waals surface area contributed by atoms with Gasteiger partial charge in [0.2, 0.25) is 0 Å². The Morgan fingerprint density at radius 2 is 0.565 bits per heavy atom. The summed E-state index contributed by atoms with van der Waals surface area (Å²) in [6.07, 6.45) is 76.9. The second kappa shape index (κ2) is 56.3. The van der Waals surface area contributed by atoms with Gasteiger partial charge in [-0.2, -0.15) is 0 Å². The number of carbonyl (C=O) groups is 1. The van der Waals surface area contributed by atoms with Gasteiger partial charge in [-0.05, 0) is 44.4 Å². The summed E-state index contributed by atoms with van der Waals surface area (Å²) in [7, 11) is 0. The Bertz CT molecular complexity index is 831. The molecule has 0 fully saturated rings. The standard InChI is InChI=1S/C60H118O2/c1-4-5-6-7-8-9-10-11-12-32-36-39-42-45-48-51-54-57-60(61)62-58-55-52-49-46-43-40-37-34-31-29-27-25-23-21-19-17-15-13-14-16-18-20-22-24-26-28-30-33-35-38-41-44-47-50-53-56-59(2)3/h11-12,59H,4-10,13-58H2,1-3H3. The number of rotatable bonds is 55. The fraction of sp³-hybridized carbons (Fsp3) is 0.950. The largest absolute Gasteiger partial charge is 0.466 e. The summed E-state index contributed by atoms with van der Waals surface area (Å²) in [5.41, 5.74) is 0. The molecule has 0 unspecified atom stereocenters. The first-order valence-corrected chi connectivity index (χ1v) is 29.5. The lowest BCUT2D eigenvalue weighted by Gasteiger charge is -2.06. The predicted octanol–water partition coefficient (Wildman–Crippen LogP) is 22.0. The monoisotopic (exact) mass is 871 g/mol. The Labute approximate surface area is 393 Å². The molecule has 0 aliphatic heterocycles. The van der Waals surface area contributed by atoms with Crippen LogP contribution in [0.25, 0.3) is 0 Å². The van der Waals surface area contributed by atoms with Crippen molar-refractivity contribution in [3.8, 4) is 0 Å². The van der Waals surface area contributed by atoms with Gasteiger partial charge in [0.15, 0.2) is 0 Å². The van der Waals surface area contributed by atoms with Gasteiger partial charge in [0, 0.05) is 6.42 Å². The fourth-order valence-corrected chi connectivity index (χ4v) is 9.44. The molecule has 0 saturated heterocycles. The lowest BCUT2D eigenvalue weighted by molar-refractivity contribution is -0.143. The van der Waals surface area contributed by atoms with Crippen LogP contribution in [0.4, 0.5) is 0 Å². The van der Waals surface area contributed by atoms with Crippen LogP contribution in [-0.2, 0) is 9.53 Å². The number of hydrogen-bond donors (Lipinski definition) is 0. The van der Waals surface area contributed by atoms with E-state index in [1.165, 1.54) is 315 Å². The van der Waals surface area contributed by atoms with Crippen LogP contribution in [-0.4, -0.2) is 12.6 Å². The van der Waals surface area contributed by atoms with Gasteiger partial charge in [0.25, 0.3) is 0 Å². The normalized spacial score (nSPS) is 11.8. The lowest BCUT2D eigenvalue weighted by atomic mass is 10.0. The molecule has 0 N–H and O–H groups in total. The van der Waals surface area contributed by atoms with E-state index in [9.17, 15) is 4.79 Å². The van der Waals surface area contributed by atoms with Gasteiger partial charge in [-0.1, -0.05) is 322 Å². The van der Waals surface area contributed by atoms with Gasteiger partial charge >= 0.3 is 5.97 Å². The van der Waals surface area contributed by atoms with Crippen molar-refractivity contribution < 1.29 is 9.53 Å². The van der Waals surface area contributed by atoms with Crippen LogP contribution in [0.2, 0.25) is 0 Å². The third-order valence-electron chi connectivity index (χ3n) is 13.8. The van der Waals surface area contributed by atoms with Gasteiger partial charge in [0.1, 0.15) is 0 Å². The first kappa shape index (κ1) is 61.2. The highest BCUT2D eigenvalue weighted by atomic mass is 16.5. The minimum absolute atomic E-state index is 0.0269. The molecule has 0 amide bonds. The van der Waals surface area contributed by atoms with Crippen molar-refractivity contribution in [1.82, 2.24) is 0 Å². The highest BCUT2D eigenvalue weighted by Gasteiger charge is 2.03. The maximum absolute atomic E-state index is 12.1. The van der Waals surface area contributed by atoms with E-state index in [1.807, 2.05) is 0 Å². The van der Waals surface area contributed by atoms with E-state index in [1.54, 1.807) is 0 Å². The molecule has 370 valence electrons. The summed E-state index contributed by atoms with van der Waals surface area (Å²) >= 11 is 0. The zero-order valence-electron chi connectivity index (χ0n) is 43.5. The van der Waals surface area contributed by atoms with Crippen molar-refractivity contribution in [1.29, 1.82) is 0 Å². The molecule has 0 radical (unpaired) electrons. The molecule has 0 aromatic carbocycles. The topological polar surface area (TPSA) is 26.3 Å². The average Bonchev–Trinajstić information content (AvgIpc) is 3.27. The maximum Gasteiger partial charge on any atom is 0.305 e. The summed E-state index contributed by atoms with van der Waals surface area (Å²) < 4.78 is 5.50. The molecule has 2 heteroatoms. The summed E-state index contributed by atoms with van der Waals surface area (Å²) in [4.78, 5) is 12.1. The molecule has 0 heterocycles. The van der Waals surface area contributed by atoms with Gasteiger partial charge in [0.05, 0.1) is 6.61 Å². The predicted molar refractivity (Wildman–Crippen MR) is 281 cm³/mol. The molecule has 2 nitrogen and oxygen atoms in total.